The molecule has 0 atom stereocenters. The smallest absolute Gasteiger partial charge is 0.225 e. The van der Waals surface area contributed by atoms with Gasteiger partial charge in [-0.25, -0.2) is 0 Å². The average Bonchev–Trinajstić information content (AvgIpc) is 2.34. The number of carbonyl (C=O) groups is 1. The van der Waals surface area contributed by atoms with Gasteiger partial charge in [-0.2, -0.15) is 0 Å². The third-order valence-corrected chi connectivity index (χ3v) is 4.16. The van der Waals surface area contributed by atoms with Crippen molar-refractivity contribution in [1.82, 2.24) is 4.90 Å². The van der Waals surface area contributed by atoms with Crippen LogP contribution in [-0.4, -0.2) is 31.0 Å². The Morgan fingerprint density at radius 3 is 2.74 bits per heavy atom. The number of amides is 1. The van der Waals surface area contributed by atoms with Crippen molar-refractivity contribution in [2.24, 2.45) is 11.7 Å². The Balaban J connectivity index is 1.96. The van der Waals surface area contributed by atoms with E-state index >= 15 is 0 Å². The molecule has 1 aliphatic carbocycles. The summed E-state index contributed by atoms with van der Waals surface area (Å²) in [4.78, 5) is 13.9. The van der Waals surface area contributed by atoms with Crippen LogP contribution in [0.1, 0.15) is 18.4 Å². The van der Waals surface area contributed by atoms with Crippen LogP contribution in [0, 0.1) is 5.92 Å². The summed E-state index contributed by atoms with van der Waals surface area (Å²) in [7, 11) is 3.47. The highest BCUT2D eigenvalue weighted by atomic mass is 79.9. The van der Waals surface area contributed by atoms with Gasteiger partial charge in [0.1, 0.15) is 5.75 Å². The molecule has 1 amide bonds. The lowest BCUT2D eigenvalue weighted by atomic mass is 9.80. The van der Waals surface area contributed by atoms with Gasteiger partial charge in [-0.05, 0) is 46.5 Å². The lowest BCUT2D eigenvalue weighted by molar-refractivity contribution is -0.137. The average molecular weight is 327 g/mol. The Morgan fingerprint density at radius 1 is 1.53 bits per heavy atom. The molecule has 2 rings (SSSR count). The second kappa shape index (κ2) is 5.92. The molecule has 0 saturated heterocycles. The first-order valence-electron chi connectivity index (χ1n) is 6.34. The summed E-state index contributed by atoms with van der Waals surface area (Å²) in [5.41, 5.74) is 6.80. The van der Waals surface area contributed by atoms with Crippen LogP contribution < -0.4 is 10.5 Å². The highest BCUT2D eigenvalue weighted by Gasteiger charge is 2.33. The van der Waals surface area contributed by atoms with Crippen molar-refractivity contribution in [2.75, 3.05) is 14.2 Å². The first kappa shape index (κ1) is 14.3. The number of carbonyl (C=O) groups excluding carboxylic acids is 1. The summed E-state index contributed by atoms with van der Waals surface area (Å²) >= 11 is 3.45. The molecule has 104 valence electrons. The van der Waals surface area contributed by atoms with Gasteiger partial charge < -0.3 is 15.4 Å². The molecule has 19 heavy (non-hydrogen) atoms. The number of benzene rings is 1. The fraction of sp³-hybridized carbons (Fsp3) is 0.500. The maximum atomic E-state index is 12.1. The predicted octanol–water partition coefficient (Wildman–Crippen LogP) is 2.15. The summed E-state index contributed by atoms with van der Waals surface area (Å²) in [5.74, 6) is 1.10. The maximum Gasteiger partial charge on any atom is 0.225 e. The van der Waals surface area contributed by atoms with E-state index < -0.39 is 0 Å². The van der Waals surface area contributed by atoms with Crippen LogP contribution in [0.4, 0.5) is 0 Å². The predicted molar refractivity (Wildman–Crippen MR) is 77.9 cm³/mol. The van der Waals surface area contributed by atoms with Crippen LogP contribution >= 0.6 is 15.9 Å². The minimum Gasteiger partial charge on any atom is -0.496 e. The molecule has 0 radical (unpaired) electrons. The van der Waals surface area contributed by atoms with Gasteiger partial charge in [-0.15, -0.1) is 0 Å². The van der Waals surface area contributed by atoms with Crippen molar-refractivity contribution in [3.05, 3.63) is 28.2 Å². The standard InChI is InChI=1S/C14H19BrN2O2/c1-17(14(18)10-6-11(16)7-10)8-9-3-4-13(19-2)12(15)5-9/h3-5,10-11H,6-8,16H2,1-2H3. The highest BCUT2D eigenvalue weighted by molar-refractivity contribution is 9.10. The van der Waals surface area contributed by atoms with Gasteiger partial charge in [0.2, 0.25) is 5.91 Å². The lowest BCUT2D eigenvalue weighted by Gasteiger charge is -2.34. The fourth-order valence-electron chi connectivity index (χ4n) is 2.34. The Bertz CT molecular complexity index is 473. The Morgan fingerprint density at radius 2 is 2.21 bits per heavy atom. The van der Waals surface area contributed by atoms with E-state index in [0.717, 1.165) is 28.6 Å². The van der Waals surface area contributed by atoms with Crippen molar-refractivity contribution >= 4 is 21.8 Å². The largest absolute Gasteiger partial charge is 0.496 e. The molecule has 0 aliphatic heterocycles. The van der Waals surface area contributed by atoms with Crippen LogP contribution in [0.5, 0.6) is 5.75 Å². The number of ether oxygens (including phenoxy) is 1. The van der Waals surface area contributed by atoms with Gasteiger partial charge in [0.25, 0.3) is 0 Å². The molecular formula is C14H19BrN2O2. The molecule has 0 heterocycles. The Kier molecular flexibility index (Phi) is 4.47. The zero-order valence-electron chi connectivity index (χ0n) is 11.2. The first-order valence-corrected chi connectivity index (χ1v) is 7.13. The number of halogens is 1. The molecule has 1 saturated carbocycles. The minimum absolute atomic E-state index is 0.113. The van der Waals surface area contributed by atoms with Gasteiger partial charge >= 0.3 is 0 Å². The van der Waals surface area contributed by atoms with E-state index in [-0.39, 0.29) is 17.9 Å². The van der Waals surface area contributed by atoms with Gasteiger partial charge in [0.05, 0.1) is 11.6 Å². The molecule has 1 aliphatic rings. The van der Waals surface area contributed by atoms with Crippen molar-refractivity contribution in [3.8, 4) is 5.75 Å². The van der Waals surface area contributed by atoms with E-state index in [1.807, 2.05) is 25.2 Å². The molecule has 1 fully saturated rings. The number of hydrogen-bond acceptors (Lipinski definition) is 3. The molecule has 0 bridgehead atoms. The third kappa shape index (κ3) is 3.28. The lowest BCUT2D eigenvalue weighted by Crippen LogP contribution is -2.45. The number of methoxy groups -OCH3 is 1. The van der Waals surface area contributed by atoms with Crippen molar-refractivity contribution in [3.63, 3.8) is 0 Å². The zero-order chi connectivity index (χ0) is 14.0. The first-order chi connectivity index (χ1) is 9.01. The van der Waals surface area contributed by atoms with E-state index in [4.69, 9.17) is 10.5 Å². The monoisotopic (exact) mass is 326 g/mol. The number of nitrogens with zero attached hydrogens (tertiary/aromatic N) is 1. The quantitative estimate of drug-likeness (QED) is 0.922. The Hall–Kier alpha value is -1.07. The molecule has 1 aromatic carbocycles. The molecule has 5 heteroatoms. The summed E-state index contributed by atoms with van der Waals surface area (Å²) in [6.07, 6.45) is 1.63. The maximum absolute atomic E-state index is 12.1. The molecule has 0 unspecified atom stereocenters. The molecule has 0 spiro atoms. The van der Waals surface area contributed by atoms with Crippen molar-refractivity contribution in [2.45, 2.75) is 25.4 Å². The minimum atomic E-state index is 0.113. The van der Waals surface area contributed by atoms with Crippen molar-refractivity contribution < 1.29 is 9.53 Å². The van der Waals surface area contributed by atoms with E-state index in [0.29, 0.717) is 6.54 Å². The zero-order valence-corrected chi connectivity index (χ0v) is 12.8. The van der Waals surface area contributed by atoms with Crippen LogP contribution in [0.2, 0.25) is 0 Å². The van der Waals surface area contributed by atoms with Crippen LogP contribution in [-0.2, 0) is 11.3 Å². The number of nitrogens with two attached hydrogens (primary N) is 1. The van der Waals surface area contributed by atoms with Gasteiger partial charge in [-0.3, -0.25) is 4.79 Å². The normalized spacial score (nSPS) is 21.7. The topological polar surface area (TPSA) is 55.6 Å². The molecule has 1 aromatic rings. The second-order valence-corrected chi connectivity index (χ2v) is 5.95. The fourth-order valence-corrected chi connectivity index (χ4v) is 2.92. The molecule has 0 aromatic heterocycles. The summed E-state index contributed by atoms with van der Waals surface area (Å²) < 4.78 is 6.09. The van der Waals surface area contributed by atoms with E-state index in [2.05, 4.69) is 15.9 Å². The van der Waals surface area contributed by atoms with E-state index in [1.54, 1.807) is 12.0 Å². The van der Waals surface area contributed by atoms with Crippen molar-refractivity contribution in [1.29, 1.82) is 0 Å². The van der Waals surface area contributed by atoms with Crippen LogP contribution in [0.3, 0.4) is 0 Å². The van der Waals surface area contributed by atoms with E-state index in [1.165, 1.54) is 0 Å². The molecule has 2 N–H and O–H groups in total. The summed E-state index contributed by atoms with van der Waals surface area (Å²) in [5, 5.41) is 0. The Labute approximate surface area is 122 Å². The van der Waals surface area contributed by atoms with Crippen LogP contribution in [0.15, 0.2) is 22.7 Å². The summed E-state index contributed by atoms with van der Waals surface area (Å²) in [6.45, 7) is 0.604. The van der Waals surface area contributed by atoms with Gasteiger partial charge in [0, 0.05) is 25.6 Å². The number of rotatable bonds is 4. The van der Waals surface area contributed by atoms with Gasteiger partial charge in [-0.1, -0.05) is 6.07 Å². The second-order valence-electron chi connectivity index (χ2n) is 5.09. The molecular weight excluding hydrogens is 308 g/mol. The third-order valence-electron chi connectivity index (χ3n) is 3.54. The van der Waals surface area contributed by atoms with E-state index in [9.17, 15) is 4.79 Å². The van der Waals surface area contributed by atoms with Gasteiger partial charge in [0.15, 0.2) is 0 Å². The number of hydrogen-bond donors (Lipinski definition) is 1. The highest BCUT2D eigenvalue weighted by Crippen LogP contribution is 2.29. The SMILES string of the molecule is COc1ccc(CN(C)C(=O)C2CC(N)C2)cc1Br. The molecule has 4 nitrogen and oxygen atoms in total. The summed E-state index contributed by atoms with van der Waals surface area (Å²) in [6, 6.07) is 6.06. The van der Waals surface area contributed by atoms with Crippen LogP contribution in [0.25, 0.3) is 0 Å².